The van der Waals surface area contributed by atoms with Crippen molar-refractivity contribution >= 4 is 44.4 Å². The lowest BCUT2D eigenvalue weighted by atomic mass is 10.1. The molecule has 4 rings (SSSR count). The maximum Gasteiger partial charge on any atom is 0.266 e. The largest absolute Gasteiger partial charge is 0.321 e. The zero-order valence-electron chi connectivity index (χ0n) is 17.2. The fraction of sp³-hybridized carbons (Fsp3) is 0.0769. The molecule has 0 bridgehead atoms. The number of fused-ring (bicyclic) bond motifs is 1. The summed E-state index contributed by atoms with van der Waals surface area (Å²) in [6.45, 7) is 4.03. The summed E-state index contributed by atoms with van der Waals surface area (Å²) in [5.41, 5.74) is 4.61. The molecule has 3 aromatic carbocycles. The number of carbonyl (C=O) groups excluding carboxylic acids is 1. The predicted molar refractivity (Wildman–Crippen MR) is 129 cm³/mol. The Bertz CT molecular complexity index is 1350. The van der Waals surface area contributed by atoms with E-state index in [1.165, 1.54) is 0 Å². The van der Waals surface area contributed by atoms with E-state index in [-0.39, 0.29) is 5.57 Å². The minimum atomic E-state index is -0.431. The van der Waals surface area contributed by atoms with Gasteiger partial charge in [0.2, 0.25) is 0 Å². The number of halogens is 1. The summed E-state index contributed by atoms with van der Waals surface area (Å²) in [7, 11) is 0. The lowest BCUT2D eigenvalue weighted by Gasteiger charge is -2.13. The summed E-state index contributed by atoms with van der Waals surface area (Å²) in [4.78, 5) is 12.7. The third-order valence-corrected chi connectivity index (χ3v) is 5.77. The van der Waals surface area contributed by atoms with Crippen molar-refractivity contribution in [3.8, 4) is 11.8 Å². The molecule has 0 spiro atoms. The molecule has 1 heterocycles. The second-order valence-electron chi connectivity index (χ2n) is 7.29. The molecule has 0 unspecified atom stereocenters. The van der Waals surface area contributed by atoms with Crippen LogP contribution < -0.4 is 5.32 Å². The van der Waals surface area contributed by atoms with Crippen molar-refractivity contribution in [3.63, 3.8) is 0 Å². The molecular weight excluding hydrogens is 450 g/mol. The van der Waals surface area contributed by atoms with E-state index in [1.54, 1.807) is 18.2 Å². The van der Waals surface area contributed by atoms with Gasteiger partial charge in [-0.05, 0) is 67.3 Å². The van der Waals surface area contributed by atoms with Crippen molar-refractivity contribution in [3.05, 3.63) is 99.8 Å². The third kappa shape index (κ3) is 4.16. The van der Waals surface area contributed by atoms with E-state index in [4.69, 9.17) is 0 Å². The van der Waals surface area contributed by atoms with Crippen LogP contribution in [0.2, 0.25) is 0 Å². The molecule has 4 aromatic rings. The van der Waals surface area contributed by atoms with Crippen LogP contribution in [0.5, 0.6) is 0 Å². The quantitative estimate of drug-likeness (QED) is 0.271. The summed E-state index contributed by atoms with van der Waals surface area (Å²) in [5, 5.41) is 14.7. The number of nitrogens with one attached hydrogen (secondary N) is 1. The molecule has 4 nitrogen and oxygen atoms in total. The van der Waals surface area contributed by atoms with Crippen molar-refractivity contribution in [1.82, 2.24) is 4.57 Å². The van der Waals surface area contributed by atoms with Crippen LogP contribution in [-0.2, 0) is 4.79 Å². The van der Waals surface area contributed by atoms with E-state index in [1.807, 2.05) is 56.3 Å². The maximum atomic E-state index is 12.7. The van der Waals surface area contributed by atoms with Crippen molar-refractivity contribution < 1.29 is 4.79 Å². The second-order valence-corrected chi connectivity index (χ2v) is 8.21. The molecule has 152 valence electrons. The normalized spacial score (nSPS) is 11.4. The Kier molecular flexibility index (Phi) is 5.75. The highest BCUT2D eigenvalue weighted by atomic mass is 79.9. The number of nitriles is 1. The minimum absolute atomic E-state index is 0.0566. The highest BCUT2D eigenvalue weighted by Gasteiger charge is 2.15. The van der Waals surface area contributed by atoms with Gasteiger partial charge in [-0.15, -0.1) is 0 Å². The number of anilines is 1. The van der Waals surface area contributed by atoms with Crippen LogP contribution >= 0.6 is 15.9 Å². The summed E-state index contributed by atoms with van der Waals surface area (Å²) in [5.74, 6) is -0.431. The van der Waals surface area contributed by atoms with Gasteiger partial charge in [-0.2, -0.15) is 5.26 Å². The lowest BCUT2D eigenvalue weighted by molar-refractivity contribution is -0.112. The molecule has 1 amide bonds. The molecule has 0 aliphatic heterocycles. The Morgan fingerprint density at radius 3 is 2.48 bits per heavy atom. The molecule has 31 heavy (non-hydrogen) atoms. The fourth-order valence-corrected chi connectivity index (χ4v) is 4.01. The smallest absolute Gasteiger partial charge is 0.266 e. The summed E-state index contributed by atoms with van der Waals surface area (Å²) < 4.78 is 3.08. The monoisotopic (exact) mass is 469 g/mol. The van der Waals surface area contributed by atoms with E-state index < -0.39 is 5.91 Å². The predicted octanol–water partition coefficient (Wildman–Crippen LogP) is 6.56. The molecule has 1 aromatic heterocycles. The van der Waals surface area contributed by atoms with Gasteiger partial charge < -0.3 is 9.88 Å². The number of amides is 1. The van der Waals surface area contributed by atoms with Crippen LogP contribution in [-0.4, -0.2) is 10.5 Å². The summed E-state index contributed by atoms with van der Waals surface area (Å²) in [6, 6.07) is 25.7. The van der Waals surface area contributed by atoms with E-state index in [0.717, 1.165) is 37.9 Å². The molecule has 0 aliphatic rings. The first kappa shape index (κ1) is 20.6. The van der Waals surface area contributed by atoms with Crippen molar-refractivity contribution in [2.24, 2.45) is 0 Å². The average Bonchev–Trinajstić information content (AvgIpc) is 3.05. The third-order valence-electron chi connectivity index (χ3n) is 5.24. The van der Waals surface area contributed by atoms with E-state index in [2.05, 4.69) is 50.1 Å². The molecule has 0 saturated carbocycles. The van der Waals surface area contributed by atoms with Crippen molar-refractivity contribution in [2.45, 2.75) is 13.8 Å². The first-order valence-corrected chi connectivity index (χ1v) is 10.6. The van der Waals surface area contributed by atoms with Gasteiger partial charge in [-0.25, -0.2) is 0 Å². The number of benzene rings is 3. The average molecular weight is 470 g/mol. The number of hydrogen-bond acceptors (Lipinski definition) is 2. The fourth-order valence-electron chi connectivity index (χ4n) is 3.74. The van der Waals surface area contributed by atoms with Gasteiger partial charge in [-0.1, -0.05) is 52.3 Å². The van der Waals surface area contributed by atoms with Crippen LogP contribution in [0.25, 0.3) is 22.5 Å². The molecule has 0 saturated heterocycles. The Morgan fingerprint density at radius 1 is 1.03 bits per heavy atom. The zero-order valence-corrected chi connectivity index (χ0v) is 18.8. The van der Waals surface area contributed by atoms with Gasteiger partial charge >= 0.3 is 0 Å². The SMILES string of the molecule is Cc1cc(/C=C(/C#N)C(=O)Nc2ccc(Br)cc2)c(C)n1-c1cccc2ccccc12. The maximum absolute atomic E-state index is 12.7. The first-order chi connectivity index (χ1) is 15.0. The highest BCUT2D eigenvalue weighted by Crippen LogP contribution is 2.28. The van der Waals surface area contributed by atoms with E-state index in [9.17, 15) is 10.1 Å². The van der Waals surface area contributed by atoms with Gasteiger partial charge in [0.15, 0.2) is 0 Å². The Morgan fingerprint density at radius 2 is 1.74 bits per heavy atom. The standard InChI is InChI=1S/C26H20BrN3O/c1-17-14-20(15-21(16-28)26(31)29-23-12-10-22(27)11-13-23)18(2)30(17)25-9-5-7-19-6-3-4-8-24(19)25/h3-15H,1-2H3,(H,29,31)/b21-15-. The Labute approximate surface area is 189 Å². The molecule has 0 atom stereocenters. The van der Waals surface area contributed by atoms with Crippen LogP contribution in [0.4, 0.5) is 5.69 Å². The lowest BCUT2D eigenvalue weighted by Crippen LogP contribution is -2.13. The molecule has 0 fully saturated rings. The summed E-state index contributed by atoms with van der Waals surface area (Å²) >= 11 is 3.37. The number of nitrogens with zero attached hydrogens (tertiary/aromatic N) is 2. The van der Waals surface area contributed by atoms with Crippen molar-refractivity contribution in [2.75, 3.05) is 5.32 Å². The Hall–Kier alpha value is -3.62. The first-order valence-electron chi connectivity index (χ1n) is 9.83. The highest BCUT2D eigenvalue weighted by molar-refractivity contribution is 9.10. The topological polar surface area (TPSA) is 57.8 Å². The Balaban J connectivity index is 1.72. The number of carbonyl (C=O) groups is 1. The van der Waals surface area contributed by atoms with Gasteiger partial charge in [-0.3, -0.25) is 4.79 Å². The van der Waals surface area contributed by atoms with Crippen LogP contribution in [0.3, 0.4) is 0 Å². The second kappa shape index (κ2) is 8.63. The van der Waals surface area contributed by atoms with Gasteiger partial charge in [0.05, 0.1) is 5.69 Å². The number of aromatic nitrogens is 1. The number of aryl methyl sites for hydroxylation is 1. The molecule has 0 radical (unpaired) electrons. The van der Waals surface area contributed by atoms with Crippen LogP contribution in [0.1, 0.15) is 17.0 Å². The van der Waals surface area contributed by atoms with Gasteiger partial charge in [0.1, 0.15) is 11.6 Å². The van der Waals surface area contributed by atoms with Gasteiger partial charge in [0.25, 0.3) is 5.91 Å². The molecule has 1 N–H and O–H groups in total. The van der Waals surface area contributed by atoms with Crippen LogP contribution in [0.15, 0.2) is 82.8 Å². The molecule has 5 heteroatoms. The zero-order chi connectivity index (χ0) is 22.0. The molecular formula is C26H20BrN3O. The van der Waals surface area contributed by atoms with E-state index >= 15 is 0 Å². The minimum Gasteiger partial charge on any atom is -0.321 e. The van der Waals surface area contributed by atoms with E-state index in [0.29, 0.717) is 5.69 Å². The summed E-state index contributed by atoms with van der Waals surface area (Å²) in [6.07, 6.45) is 1.65. The number of hydrogen-bond donors (Lipinski definition) is 1. The van der Waals surface area contributed by atoms with Gasteiger partial charge in [0, 0.05) is 26.9 Å². The molecule has 0 aliphatic carbocycles. The number of rotatable bonds is 4. The van der Waals surface area contributed by atoms with Crippen LogP contribution in [0, 0.1) is 25.2 Å². The van der Waals surface area contributed by atoms with Crippen molar-refractivity contribution in [1.29, 1.82) is 5.26 Å².